The highest BCUT2D eigenvalue weighted by molar-refractivity contribution is 6.32. The van der Waals surface area contributed by atoms with E-state index >= 15 is 0 Å². The van der Waals surface area contributed by atoms with Gasteiger partial charge in [-0.2, -0.15) is 0 Å². The summed E-state index contributed by atoms with van der Waals surface area (Å²) in [5, 5.41) is 0.175. The number of amides is 1. The zero-order valence-electron chi connectivity index (χ0n) is 13.6. The van der Waals surface area contributed by atoms with Gasteiger partial charge in [0, 0.05) is 6.61 Å². The molecule has 1 aromatic carbocycles. The van der Waals surface area contributed by atoms with E-state index in [-0.39, 0.29) is 17.5 Å². The third kappa shape index (κ3) is 4.59. The fourth-order valence-electron chi connectivity index (χ4n) is 3.23. The molecular formula is C17H23ClFN2O3+. The van der Waals surface area contributed by atoms with Crippen LogP contribution in [0.25, 0.3) is 0 Å². The number of nitrogens with zero attached hydrogens (tertiary/aromatic N) is 1. The van der Waals surface area contributed by atoms with Crippen LogP contribution in [0.1, 0.15) is 12.8 Å². The number of nitrogens with one attached hydrogen (secondary N) is 1. The number of rotatable bonds is 5. The number of quaternary nitrogens is 1. The van der Waals surface area contributed by atoms with Crippen LogP contribution in [0.5, 0.6) is 5.75 Å². The molecule has 0 unspecified atom stereocenters. The van der Waals surface area contributed by atoms with Crippen LogP contribution in [0.15, 0.2) is 18.2 Å². The molecule has 0 radical (unpaired) electrons. The van der Waals surface area contributed by atoms with Crippen molar-refractivity contribution in [1.82, 2.24) is 4.90 Å². The van der Waals surface area contributed by atoms with Crippen LogP contribution in [-0.4, -0.2) is 62.8 Å². The lowest BCUT2D eigenvalue weighted by Gasteiger charge is -2.33. The topological polar surface area (TPSA) is 43.2 Å². The Labute approximate surface area is 146 Å². The first-order valence-electron chi connectivity index (χ1n) is 8.42. The van der Waals surface area contributed by atoms with Gasteiger partial charge in [-0.1, -0.05) is 11.6 Å². The third-order valence-electron chi connectivity index (χ3n) is 4.61. The fourth-order valence-corrected chi connectivity index (χ4v) is 3.45. The Morgan fingerprint density at radius 3 is 2.88 bits per heavy atom. The molecule has 0 aromatic heterocycles. The predicted octanol–water partition coefficient (Wildman–Crippen LogP) is 0.764. The minimum atomic E-state index is -0.427. The van der Waals surface area contributed by atoms with Crippen molar-refractivity contribution in [2.24, 2.45) is 0 Å². The van der Waals surface area contributed by atoms with E-state index in [4.69, 9.17) is 21.1 Å². The van der Waals surface area contributed by atoms with E-state index in [2.05, 4.69) is 0 Å². The van der Waals surface area contributed by atoms with Crippen LogP contribution in [0, 0.1) is 5.82 Å². The molecule has 2 fully saturated rings. The quantitative estimate of drug-likeness (QED) is 0.846. The molecule has 2 heterocycles. The second kappa shape index (κ2) is 8.14. The molecule has 2 aliphatic heterocycles. The largest absolute Gasteiger partial charge is 0.482 e. The normalized spacial score (nSPS) is 21.9. The van der Waals surface area contributed by atoms with Gasteiger partial charge in [0.2, 0.25) is 0 Å². The van der Waals surface area contributed by atoms with Gasteiger partial charge in [-0.15, -0.1) is 0 Å². The monoisotopic (exact) mass is 357 g/mol. The number of benzene rings is 1. The van der Waals surface area contributed by atoms with E-state index < -0.39 is 5.82 Å². The summed E-state index contributed by atoms with van der Waals surface area (Å²) in [6.07, 6.45) is 2.69. The lowest BCUT2D eigenvalue weighted by Crippen LogP contribution is -3.15. The number of hydrogen-bond donors (Lipinski definition) is 1. The van der Waals surface area contributed by atoms with Gasteiger partial charge in [0.1, 0.15) is 24.2 Å². The van der Waals surface area contributed by atoms with Gasteiger partial charge in [0.05, 0.1) is 31.2 Å². The highest BCUT2D eigenvalue weighted by atomic mass is 35.5. The summed E-state index contributed by atoms with van der Waals surface area (Å²) in [5.41, 5.74) is 0. The Morgan fingerprint density at radius 1 is 1.42 bits per heavy atom. The number of ether oxygens (including phenoxy) is 2. The lowest BCUT2D eigenvalue weighted by atomic mass is 10.2. The van der Waals surface area contributed by atoms with Crippen molar-refractivity contribution >= 4 is 17.5 Å². The van der Waals surface area contributed by atoms with Crippen LogP contribution < -0.4 is 9.64 Å². The van der Waals surface area contributed by atoms with Crippen molar-refractivity contribution in [3.8, 4) is 5.75 Å². The highest BCUT2D eigenvalue weighted by Crippen LogP contribution is 2.24. The summed E-state index contributed by atoms with van der Waals surface area (Å²) in [6.45, 7) is 5.15. The Bertz CT molecular complexity index is 573. The average Bonchev–Trinajstić information content (AvgIpc) is 3.07. The molecule has 0 bridgehead atoms. The van der Waals surface area contributed by atoms with Gasteiger partial charge in [-0.3, -0.25) is 4.79 Å². The molecule has 1 aromatic rings. The maximum atomic E-state index is 13.0. The van der Waals surface area contributed by atoms with E-state index in [9.17, 15) is 9.18 Å². The van der Waals surface area contributed by atoms with Crippen molar-refractivity contribution in [1.29, 1.82) is 0 Å². The molecule has 1 N–H and O–H groups in total. The highest BCUT2D eigenvalue weighted by Gasteiger charge is 2.27. The first-order chi connectivity index (χ1) is 11.6. The summed E-state index contributed by atoms with van der Waals surface area (Å²) in [7, 11) is 0. The van der Waals surface area contributed by atoms with Gasteiger partial charge in [0.15, 0.2) is 6.61 Å². The Hall–Kier alpha value is -1.37. The van der Waals surface area contributed by atoms with Crippen molar-refractivity contribution in [2.45, 2.75) is 18.9 Å². The van der Waals surface area contributed by atoms with Crippen LogP contribution in [0.4, 0.5) is 4.39 Å². The van der Waals surface area contributed by atoms with Crippen molar-refractivity contribution in [3.05, 3.63) is 29.0 Å². The number of carbonyl (C=O) groups is 1. The predicted molar refractivity (Wildman–Crippen MR) is 88.0 cm³/mol. The number of piperazine rings is 1. The second-order valence-corrected chi connectivity index (χ2v) is 6.74. The summed E-state index contributed by atoms with van der Waals surface area (Å²) >= 11 is 5.89. The summed E-state index contributed by atoms with van der Waals surface area (Å²) in [4.78, 5) is 15.6. The van der Waals surface area contributed by atoms with E-state index in [1.54, 1.807) is 0 Å². The van der Waals surface area contributed by atoms with Crippen molar-refractivity contribution in [2.75, 3.05) is 45.9 Å². The van der Waals surface area contributed by atoms with Gasteiger partial charge >= 0.3 is 0 Å². The van der Waals surface area contributed by atoms with Crippen LogP contribution in [-0.2, 0) is 9.53 Å². The maximum Gasteiger partial charge on any atom is 0.260 e. The van der Waals surface area contributed by atoms with E-state index in [0.717, 1.165) is 52.2 Å². The minimum Gasteiger partial charge on any atom is -0.482 e. The molecule has 2 saturated heterocycles. The Kier molecular flexibility index (Phi) is 5.92. The van der Waals surface area contributed by atoms with E-state index in [0.29, 0.717) is 11.9 Å². The van der Waals surface area contributed by atoms with E-state index in [1.807, 2.05) is 4.90 Å². The van der Waals surface area contributed by atoms with Gasteiger partial charge in [-0.25, -0.2) is 4.39 Å². The summed E-state index contributed by atoms with van der Waals surface area (Å²) < 4.78 is 24.1. The average molecular weight is 358 g/mol. The summed E-state index contributed by atoms with van der Waals surface area (Å²) in [6, 6.07) is 3.88. The third-order valence-corrected chi connectivity index (χ3v) is 4.90. The minimum absolute atomic E-state index is 0.0634. The first kappa shape index (κ1) is 17.5. The maximum absolute atomic E-state index is 13.0. The van der Waals surface area contributed by atoms with Crippen LogP contribution in [0.3, 0.4) is 0 Å². The standard InChI is InChI=1S/C17H22ClFN2O3/c18-15-10-13(19)3-4-16(15)24-12-17(22)21-7-5-20(6-8-21)11-14-2-1-9-23-14/h3-4,10,14H,1-2,5-9,11-12H2/p+1/t14-/m0/s1. The smallest absolute Gasteiger partial charge is 0.260 e. The Balaban J connectivity index is 1.41. The molecule has 5 nitrogen and oxygen atoms in total. The molecule has 2 aliphatic rings. The molecule has 1 atom stereocenters. The molecule has 0 saturated carbocycles. The number of carbonyl (C=O) groups excluding carboxylic acids is 1. The molecule has 0 spiro atoms. The zero-order chi connectivity index (χ0) is 16.9. The first-order valence-corrected chi connectivity index (χ1v) is 8.80. The van der Waals surface area contributed by atoms with E-state index in [1.165, 1.54) is 23.1 Å². The van der Waals surface area contributed by atoms with Gasteiger partial charge in [0.25, 0.3) is 5.91 Å². The van der Waals surface area contributed by atoms with Crippen LogP contribution in [0.2, 0.25) is 5.02 Å². The molecular weight excluding hydrogens is 335 g/mol. The SMILES string of the molecule is O=C(COc1ccc(F)cc1Cl)N1CC[NH+](C[C@@H]2CCCO2)CC1. The van der Waals surface area contributed by atoms with Gasteiger partial charge < -0.3 is 19.3 Å². The Morgan fingerprint density at radius 2 is 2.21 bits per heavy atom. The van der Waals surface area contributed by atoms with Gasteiger partial charge in [-0.05, 0) is 31.0 Å². The number of hydrogen-bond acceptors (Lipinski definition) is 3. The molecule has 3 rings (SSSR count). The lowest BCUT2D eigenvalue weighted by molar-refractivity contribution is -0.906. The van der Waals surface area contributed by atoms with Crippen molar-refractivity contribution < 1.29 is 23.6 Å². The number of halogens is 2. The molecule has 132 valence electrons. The molecule has 24 heavy (non-hydrogen) atoms. The molecule has 7 heteroatoms. The zero-order valence-corrected chi connectivity index (χ0v) is 14.4. The summed E-state index contributed by atoms with van der Waals surface area (Å²) in [5.74, 6) is -0.162. The van der Waals surface area contributed by atoms with Crippen LogP contribution >= 0.6 is 11.6 Å². The second-order valence-electron chi connectivity index (χ2n) is 6.33. The fraction of sp³-hybridized carbons (Fsp3) is 0.588. The molecule has 0 aliphatic carbocycles. The molecule has 1 amide bonds. The van der Waals surface area contributed by atoms with Crippen molar-refractivity contribution in [3.63, 3.8) is 0 Å².